The van der Waals surface area contributed by atoms with Gasteiger partial charge in [-0.25, -0.2) is 0 Å². The van der Waals surface area contributed by atoms with Crippen LogP contribution in [0.15, 0.2) is 12.7 Å². The third-order valence-corrected chi connectivity index (χ3v) is 1.06. The maximum absolute atomic E-state index is 7.51. The number of hydrogen-bond donors (Lipinski definition) is 1. The molecule has 0 aromatic carbocycles. The van der Waals surface area contributed by atoms with Crippen LogP contribution in [-0.2, 0) is 4.74 Å². The molecule has 0 amide bonds. The molecule has 12 heavy (non-hydrogen) atoms. The van der Waals surface area contributed by atoms with Crippen molar-refractivity contribution in [3.8, 4) is 6.07 Å². The van der Waals surface area contributed by atoms with Crippen molar-refractivity contribution in [2.75, 3.05) is 6.61 Å². The fraction of sp³-hybridized carbons (Fsp3) is 0.500. The van der Waals surface area contributed by atoms with Crippen LogP contribution in [0.5, 0.6) is 0 Å². The molecule has 0 N–H and O–H groups in total. The highest BCUT2D eigenvalue weighted by Crippen LogP contribution is 1.91. The molecule has 0 aliphatic rings. The van der Waals surface area contributed by atoms with E-state index < -0.39 is 0 Å². The van der Waals surface area contributed by atoms with Crippen molar-refractivity contribution in [3.05, 3.63) is 12.7 Å². The van der Waals surface area contributed by atoms with Gasteiger partial charge in [0.05, 0.1) is 12.7 Å². The SMILES string of the molecule is C=CC#N.CCCCOC(=S)S. The normalized spacial score (nSPS) is 7.08. The zero-order valence-corrected chi connectivity index (χ0v) is 8.83. The van der Waals surface area contributed by atoms with Crippen LogP contribution >= 0.6 is 24.8 Å². The third-order valence-electron chi connectivity index (χ3n) is 0.815. The molecular weight excluding hydrogens is 190 g/mol. The molecule has 0 bridgehead atoms. The fourth-order valence-corrected chi connectivity index (χ4v) is 0.478. The Hall–Kier alpha value is -0.530. The van der Waals surface area contributed by atoms with Crippen LogP contribution in [0.4, 0.5) is 0 Å². The topological polar surface area (TPSA) is 33.0 Å². The van der Waals surface area contributed by atoms with Crippen LogP contribution in [0, 0.1) is 11.3 Å². The molecule has 68 valence electrons. The van der Waals surface area contributed by atoms with Crippen molar-refractivity contribution in [1.29, 1.82) is 5.26 Å². The lowest BCUT2D eigenvalue weighted by Gasteiger charge is -1.98. The van der Waals surface area contributed by atoms with E-state index in [2.05, 4.69) is 38.3 Å². The van der Waals surface area contributed by atoms with Gasteiger partial charge in [0, 0.05) is 6.08 Å². The number of nitrogens with zero attached hydrogens (tertiary/aromatic N) is 1. The molecular formula is C8H13NOS2. The predicted molar refractivity (Wildman–Crippen MR) is 58.3 cm³/mol. The number of unbranched alkanes of at least 4 members (excludes halogenated alkanes) is 1. The van der Waals surface area contributed by atoms with Gasteiger partial charge in [-0.3, -0.25) is 0 Å². The molecule has 0 rings (SSSR count). The second kappa shape index (κ2) is 13.1. The Labute approximate surface area is 84.6 Å². The van der Waals surface area contributed by atoms with Gasteiger partial charge in [-0.1, -0.05) is 32.6 Å². The average Bonchev–Trinajstić information content (AvgIpc) is 2.05. The van der Waals surface area contributed by atoms with Gasteiger partial charge in [0.2, 0.25) is 4.38 Å². The summed E-state index contributed by atoms with van der Waals surface area (Å²) in [4.78, 5) is 0. The molecule has 0 heterocycles. The van der Waals surface area contributed by atoms with Gasteiger partial charge in [-0.2, -0.15) is 5.26 Å². The Kier molecular flexibility index (Phi) is 15.3. The lowest BCUT2D eigenvalue weighted by atomic mass is 10.4. The van der Waals surface area contributed by atoms with Gasteiger partial charge in [0.15, 0.2) is 0 Å². The number of allylic oxidation sites excluding steroid dienone is 1. The molecule has 0 unspecified atom stereocenters. The molecule has 2 nitrogen and oxygen atoms in total. The van der Waals surface area contributed by atoms with Gasteiger partial charge in [-0.05, 0) is 18.6 Å². The van der Waals surface area contributed by atoms with Crippen molar-refractivity contribution in [2.24, 2.45) is 0 Å². The smallest absolute Gasteiger partial charge is 0.216 e. The molecule has 0 fully saturated rings. The van der Waals surface area contributed by atoms with Gasteiger partial charge in [-0.15, -0.1) is 0 Å². The van der Waals surface area contributed by atoms with E-state index in [0.29, 0.717) is 11.0 Å². The van der Waals surface area contributed by atoms with E-state index in [1.54, 1.807) is 6.07 Å². The summed E-state index contributed by atoms with van der Waals surface area (Å²) < 4.78 is 5.22. The van der Waals surface area contributed by atoms with Gasteiger partial charge in [0.1, 0.15) is 0 Å². The van der Waals surface area contributed by atoms with Crippen LogP contribution in [0.2, 0.25) is 0 Å². The van der Waals surface area contributed by atoms with E-state index >= 15 is 0 Å². The summed E-state index contributed by atoms with van der Waals surface area (Å²) in [6, 6.07) is 1.69. The summed E-state index contributed by atoms with van der Waals surface area (Å²) in [6.07, 6.45) is 3.37. The minimum absolute atomic E-state index is 0.346. The Morgan fingerprint density at radius 2 is 2.33 bits per heavy atom. The van der Waals surface area contributed by atoms with E-state index in [1.807, 2.05) is 0 Å². The summed E-state index contributed by atoms with van der Waals surface area (Å²) in [5.41, 5.74) is 0. The molecule has 0 aliphatic carbocycles. The largest absolute Gasteiger partial charge is 0.479 e. The molecule has 0 aromatic rings. The van der Waals surface area contributed by atoms with E-state index in [1.165, 1.54) is 6.08 Å². The minimum Gasteiger partial charge on any atom is -0.479 e. The van der Waals surface area contributed by atoms with Crippen LogP contribution in [0.25, 0.3) is 0 Å². The van der Waals surface area contributed by atoms with Crippen molar-refractivity contribution >= 4 is 29.2 Å². The number of rotatable bonds is 3. The summed E-state index contributed by atoms with van der Waals surface area (Å²) >= 11 is 8.33. The molecule has 0 radical (unpaired) electrons. The first kappa shape index (κ1) is 14.0. The van der Waals surface area contributed by atoms with Crippen LogP contribution in [0.1, 0.15) is 19.8 Å². The van der Waals surface area contributed by atoms with E-state index in [-0.39, 0.29) is 0 Å². The average molecular weight is 203 g/mol. The van der Waals surface area contributed by atoms with Crippen LogP contribution in [-0.4, -0.2) is 11.0 Å². The second-order valence-corrected chi connectivity index (χ2v) is 2.88. The highest BCUT2D eigenvalue weighted by molar-refractivity contribution is 8.10. The van der Waals surface area contributed by atoms with Gasteiger partial charge < -0.3 is 4.74 Å². The maximum Gasteiger partial charge on any atom is 0.216 e. The van der Waals surface area contributed by atoms with E-state index in [0.717, 1.165) is 12.8 Å². The summed E-state index contributed by atoms with van der Waals surface area (Å²) in [6.45, 7) is 5.93. The number of ether oxygens (including phenoxy) is 1. The second-order valence-electron chi connectivity index (χ2n) is 1.80. The summed E-state index contributed by atoms with van der Waals surface area (Å²) in [5, 5.41) is 7.51. The van der Waals surface area contributed by atoms with Crippen molar-refractivity contribution < 1.29 is 4.74 Å². The Morgan fingerprint density at radius 1 is 1.83 bits per heavy atom. The molecule has 0 saturated heterocycles. The van der Waals surface area contributed by atoms with Gasteiger partial charge in [0.25, 0.3) is 0 Å². The Morgan fingerprint density at radius 3 is 2.58 bits per heavy atom. The summed E-state index contributed by atoms with van der Waals surface area (Å²) in [5.74, 6) is 0. The highest BCUT2D eigenvalue weighted by atomic mass is 32.1. The Bertz CT molecular complexity index is 163. The zero-order chi connectivity index (χ0) is 9.82. The number of hydrogen-bond acceptors (Lipinski definition) is 3. The lowest BCUT2D eigenvalue weighted by Crippen LogP contribution is -1.94. The van der Waals surface area contributed by atoms with E-state index in [4.69, 9.17) is 10.00 Å². The molecule has 0 spiro atoms. The van der Waals surface area contributed by atoms with Crippen LogP contribution in [0.3, 0.4) is 0 Å². The van der Waals surface area contributed by atoms with Gasteiger partial charge >= 0.3 is 0 Å². The van der Waals surface area contributed by atoms with Crippen molar-refractivity contribution in [2.45, 2.75) is 19.8 Å². The lowest BCUT2D eigenvalue weighted by molar-refractivity contribution is 0.313. The first-order valence-corrected chi connectivity index (χ1v) is 4.40. The maximum atomic E-state index is 7.51. The number of thiol groups is 1. The monoisotopic (exact) mass is 203 g/mol. The standard InChI is InChI=1S/C5H10OS2.C3H3N/c1-2-3-4-6-5(7)8;1-2-3-4/h2-4H2,1H3,(H,7,8);2H,1H2. The fourth-order valence-electron chi connectivity index (χ4n) is 0.304. The zero-order valence-electron chi connectivity index (χ0n) is 7.12. The molecule has 0 aliphatic heterocycles. The number of thiocarbonyl (C=S) groups is 1. The minimum atomic E-state index is 0.346. The van der Waals surface area contributed by atoms with Crippen molar-refractivity contribution in [3.63, 3.8) is 0 Å². The number of nitriles is 1. The quantitative estimate of drug-likeness (QED) is 0.331. The molecule has 4 heteroatoms. The summed E-state index contributed by atoms with van der Waals surface area (Å²) in [7, 11) is 0. The highest BCUT2D eigenvalue weighted by Gasteiger charge is 1.85. The first-order chi connectivity index (χ1) is 5.68. The van der Waals surface area contributed by atoms with Crippen molar-refractivity contribution in [1.82, 2.24) is 0 Å². The predicted octanol–water partition coefficient (Wildman–Crippen LogP) is 2.71. The van der Waals surface area contributed by atoms with E-state index in [9.17, 15) is 0 Å². The first-order valence-electron chi connectivity index (χ1n) is 3.55. The molecule has 0 atom stereocenters. The Balaban J connectivity index is 0. The van der Waals surface area contributed by atoms with Crippen LogP contribution < -0.4 is 0 Å². The third kappa shape index (κ3) is 22.7. The molecule has 0 saturated carbocycles. The molecule has 0 aromatic heterocycles.